The van der Waals surface area contributed by atoms with Gasteiger partial charge in [0.1, 0.15) is 12.3 Å². The van der Waals surface area contributed by atoms with Crippen LogP contribution in [0.25, 0.3) is 0 Å². The number of thiocarbonyl (C=S) groups is 10. The van der Waals surface area contributed by atoms with Gasteiger partial charge in [-0.15, -0.1) is 0 Å². The van der Waals surface area contributed by atoms with Gasteiger partial charge in [0.2, 0.25) is 11.6 Å². The van der Waals surface area contributed by atoms with Crippen molar-refractivity contribution < 1.29 is 79.0 Å². The van der Waals surface area contributed by atoms with Gasteiger partial charge in [-0.2, -0.15) is 34.9 Å². The molecule has 0 aliphatic heterocycles. The quantitative estimate of drug-likeness (QED) is 0.00879. The third-order valence-corrected chi connectivity index (χ3v) is 13.9. The highest BCUT2D eigenvalue weighted by Gasteiger charge is 2.25. The number of hydrogen-bond acceptors (Lipinski definition) is 35. The predicted octanol–water partition coefficient (Wildman–Crippen LogP) is 21.1. The average Bonchev–Trinajstić information content (AvgIpc) is 0.804. The van der Waals surface area contributed by atoms with E-state index in [9.17, 15) is 36.3 Å². The summed E-state index contributed by atoms with van der Waals surface area (Å²) in [4.78, 5) is 76.1. The number of esters is 3. The maximum atomic E-state index is 12.7. The highest BCUT2D eigenvalue weighted by molar-refractivity contribution is 7.79. The molecule has 0 spiro atoms. The molecule has 0 bridgehead atoms. The molecule has 7 aromatic rings. The van der Waals surface area contributed by atoms with Crippen LogP contribution in [0.3, 0.4) is 0 Å². The number of nitrogens with zero attached hydrogens (tertiary/aromatic N) is 13. The van der Waals surface area contributed by atoms with Gasteiger partial charge in [-0.05, 0) is 268 Å². The Labute approximate surface area is 735 Å². The third-order valence-electron chi connectivity index (χ3n) is 13.0. The summed E-state index contributed by atoms with van der Waals surface area (Å²) in [5.74, 6) is -7.65. The number of pyridine rings is 1. The molecule has 25 nitrogen and oxygen atoms in total. The fourth-order valence-corrected chi connectivity index (χ4v) is 8.71. The first kappa shape index (κ1) is 111. The van der Waals surface area contributed by atoms with Gasteiger partial charge in [0.25, 0.3) is 0 Å². The monoisotopic (exact) mass is 1810 g/mol. The van der Waals surface area contributed by atoms with Gasteiger partial charge in [-0.3, -0.25) is 14.6 Å². The number of carbonyl (C=O) groups is 3. The summed E-state index contributed by atoms with van der Waals surface area (Å²) in [5, 5.41) is 21.7. The number of aliphatic imine (C=N–C) groups is 10. The van der Waals surface area contributed by atoms with E-state index in [2.05, 4.69) is 259 Å². The van der Waals surface area contributed by atoms with Crippen molar-refractivity contribution in [2.24, 2.45) is 49.9 Å². The molecular formula is C78H82F5N13O12S10. The van der Waals surface area contributed by atoms with Crippen molar-refractivity contribution in [3.8, 4) is 34.5 Å². The standard InChI is InChI=1S/C11H14N2S.C10H11NO3S.C9H10N2S.C9H9NO2S.C9H9NOS.C7F5NS.C7H11NO2S.C6H4N2S.C6H9NO2S.C4H5NO2S/c1-3-13(4-2)11-7-5-10(6-8-11)12-9-14;1-12-8-4-7(11-6-15)5-9(13-2)10(8)14-3;1-11(2)9-5-3-8(4-6-9)10-7-12;1-11-8-4-3-7(10-6-13)5-9(8)12-2;1-2-11-9-5-3-8(4-6-9)10-7-12;8-2-3(9)5(11)7(13-1-14)6(12)4(2)10;1-3-10-7(9)4-6(2)8-5-11;9-5-8-6-2-1-3-7-4-6;1-3-9-6(8)5(2)7-4-10;1-7-4(6)2-5-3-8/h5-8H,3-4H2,1-2H3;4-5H,1-3H3;3-6H,1-2H3;3-5H,1-2H3;3-6H,2H2,1H3;;6H,3-4H2,1-2H3;1-4H;5H,3H2,1-2H3;2H2,1H3. The topological polar surface area (TPSA) is 277 Å². The highest BCUT2D eigenvalue weighted by Crippen LogP contribution is 2.41. The van der Waals surface area contributed by atoms with Crippen LogP contribution in [0.1, 0.15) is 54.9 Å². The normalized spacial score (nSPS) is 9.29. The van der Waals surface area contributed by atoms with Gasteiger partial charge in [0.05, 0.1) is 167 Å². The number of halogens is 5. The first-order valence-corrected chi connectivity index (χ1v) is 37.7. The number of hydrogen-bond donors (Lipinski definition) is 0. The van der Waals surface area contributed by atoms with Crippen LogP contribution in [0.15, 0.2) is 178 Å². The van der Waals surface area contributed by atoms with Crippen molar-refractivity contribution >= 4 is 243 Å². The molecule has 0 fully saturated rings. The van der Waals surface area contributed by atoms with Crippen LogP contribution in [0.4, 0.5) is 73.1 Å². The molecule has 2 unspecified atom stereocenters. The number of benzene rings is 6. The van der Waals surface area contributed by atoms with E-state index < -0.39 is 46.8 Å². The summed E-state index contributed by atoms with van der Waals surface area (Å²) in [6.45, 7) is 16.6. The Balaban J connectivity index is -0.00000125. The molecule has 1 aromatic heterocycles. The molecule has 0 amide bonds. The summed E-state index contributed by atoms with van der Waals surface area (Å²) in [5.41, 5.74) is 5.59. The average molecular weight is 1810 g/mol. The van der Waals surface area contributed by atoms with E-state index >= 15 is 0 Å². The third kappa shape index (κ3) is 49.1. The number of carbonyl (C=O) groups excluding carboxylic acids is 3. The SMILES string of the molecule is CCN(CC)c1ccc(N=C=S)cc1.CCOC(=O)C(C)N=C=S.CCOC(=O)CC(C)N=C=S.CCOc1ccc(N=C=S)cc1.CN(C)c1ccc(N=C=S)cc1.COC(=O)CN=C=S.COc1cc(N=C=S)cc(OC)c1OC.COc1ccc(N=C=S)cc1OC.Fc1c(F)c(F)c(N=C=S)c(F)c1F.S=C=Nc1cccnc1. The van der Waals surface area contributed by atoms with E-state index in [1.807, 2.05) is 97.8 Å². The lowest BCUT2D eigenvalue weighted by Gasteiger charge is -2.20. The second-order valence-corrected chi connectivity index (χ2v) is 22.5. The molecule has 626 valence electrons. The maximum Gasteiger partial charge on any atom is 0.331 e. The van der Waals surface area contributed by atoms with Gasteiger partial charge < -0.3 is 52.4 Å². The van der Waals surface area contributed by atoms with Crippen LogP contribution in [-0.4, -0.2) is 183 Å². The van der Waals surface area contributed by atoms with Gasteiger partial charge in [-0.25, -0.2) is 41.7 Å². The predicted molar refractivity (Wildman–Crippen MR) is 486 cm³/mol. The minimum Gasteiger partial charge on any atom is -0.494 e. The molecule has 0 aliphatic rings. The van der Waals surface area contributed by atoms with Gasteiger partial charge >= 0.3 is 17.9 Å². The molecule has 0 saturated heterocycles. The minimum absolute atomic E-state index is 0.0278. The van der Waals surface area contributed by atoms with Crippen LogP contribution in [0.2, 0.25) is 0 Å². The van der Waals surface area contributed by atoms with Crippen molar-refractivity contribution in [1.29, 1.82) is 0 Å². The zero-order chi connectivity index (χ0) is 89.6. The van der Waals surface area contributed by atoms with Gasteiger partial charge in [0.15, 0.2) is 58.0 Å². The van der Waals surface area contributed by atoms with E-state index in [0.29, 0.717) is 59.9 Å². The summed E-state index contributed by atoms with van der Waals surface area (Å²) in [7, 11) is 13.1. The van der Waals surface area contributed by atoms with E-state index in [-0.39, 0.29) is 30.9 Å². The van der Waals surface area contributed by atoms with Crippen LogP contribution in [-0.2, 0) is 28.6 Å². The Kier molecular flexibility index (Phi) is 67.1. The number of isothiocyanates is 10. The Hall–Kier alpha value is -11.1. The Morgan fingerprint density at radius 1 is 0.441 bits per heavy atom. The molecular weight excluding hydrogens is 1730 g/mol. The minimum atomic E-state index is -2.23. The van der Waals surface area contributed by atoms with E-state index in [1.54, 1.807) is 112 Å². The lowest BCUT2D eigenvalue weighted by Crippen LogP contribution is -2.21. The zero-order valence-corrected chi connectivity index (χ0v) is 74.6. The molecule has 0 N–H and O–H groups in total. The first-order valence-electron chi connectivity index (χ1n) is 33.6. The first-order chi connectivity index (χ1) is 56.6. The smallest absolute Gasteiger partial charge is 0.331 e. The second kappa shape index (κ2) is 71.3. The number of ether oxygens (including phenoxy) is 9. The van der Waals surface area contributed by atoms with E-state index in [4.69, 9.17) is 33.2 Å². The largest absolute Gasteiger partial charge is 0.494 e. The second-order valence-electron chi connectivity index (χ2n) is 20.7. The van der Waals surface area contributed by atoms with E-state index in [0.717, 1.165) is 47.3 Å². The molecule has 0 saturated carbocycles. The lowest BCUT2D eigenvalue weighted by molar-refractivity contribution is -0.144. The lowest BCUT2D eigenvalue weighted by atomic mass is 10.2. The van der Waals surface area contributed by atoms with Crippen LogP contribution in [0, 0.1) is 29.1 Å². The van der Waals surface area contributed by atoms with Crippen molar-refractivity contribution in [3.05, 3.63) is 157 Å². The Morgan fingerprint density at radius 3 is 1.25 bits per heavy atom. The molecule has 1 heterocycles. The molecule has 0 aliphatic carbocycles. The van der Waals surface area contributed by atoms with Crippen molar-refractivity contribution in [3.63, 3.8) is 0 Å². The number of anilines is 2. The van der Waals surface area contributed by atoms with Crippen LogP contribution >= 0.6 is 122 Å². The fourth-order valence-electron chi connectivity index (χ4n) is 7.59. The summed E-state index contributed by atoms with van der Waals surface area (Å²) < 4.78 is 107. The molecule has 40 heteroatoms. The van der Waals surface area contributed by atoms with Crippen molar-refractivity contribution in [2.75, 3.05) is 106 Å². The van der Waals surface area contributed by atoms with Crippen molar-refractivity contribution in [2.45, 2.75) is 67.0 Å². The number of rotatable bonds is 27. The molecule has 0 radical (unpaired) electrons. The van der Waals surface area contributed by atoms with Crippen LogP contribution in [0.5, 0.6) is 34.5 Å². The molecule has 118 heavy (non-hydrogen) atoms. The number of methoxy groups -OCH3 is 6. The maximum absolute atomic E-state index is 12.7. The van der Waals surface area contributed by atoms with Crippen LogP contribution < -0.4 is 38.2 Å². The summed E-state index contributed by atoms with van der Waals surface area (Å²) in [6.07, 6.45) is 3.58. The molecule has 7 rings (SSSR count). The van der Waals surface area contributed by atoms with Gasteiger partial charge in [0, 0.05) is 63.0 Å². The summed E-state index contributed by atoms with van der Waals surface area (Å²) >= 11 is 43.8. The fraction of sp³-hybridized carbons (Fsp3) is 0.308. The van der Waals surface area contributed by atoms with E-state index in [1.165, 1.54) is 18.0 Å². The number of aromatic nitrogens is 1. The molecule has 6 aromatic carbocycles. The van der Waals surface area contributed by atoms with Gasteiger partial charge in [-0.1, -0.05) is 0 Å². The highest BCUT2D eigenvalue weighted by atomic mass is 32.1. The Bertz CT molecular complexity index is 4690. The Morgan fingerprint density at radius 2 is 0.864 bits per heavy atom. The molecule has 2 atom stereocenters. The summed E-state index contributed by atoms with van der Waals surface area (Å²) in [6, 6.07) is 34.8. The van der Waals surface area contributed by atoms with Crippen molar-refractivity contribution in [1.82, 2.24) is 4.98 Å². The zero-order valence-electron chi connectivity index (χ0n) is 66.4.